The molecule has 4 aromatic rings. The highest BCUT2D eigenvalue weighted by Crippen LogP contribution is 2.39. The molecule has 6 heteroatoms. The monoisotopic (exact) mass is 566 g/mol. The molecule has 5 nitrogen and oxygen atoms in total. The van der Waals surface area contributed by atoms with Crippen molar-refractivity contribution in [1.82, 2.24) is 9.88 Å². The van der Waals surface area contributed by atoms with Crippen molar-refractivity contribution in [1.29, 1.82) is 0 Å². The number of aromatic nitrogens is 1. The van der Waals surface area contributed by atoms with Crippen LogP contribution in [0, 0.1) is 5.92 Å². The Morgan fingerprint density at radius 1 is 0.927 bits per heavy atom. The highest BCUT2D eigenvalue weighted by molar-refractivity contribution is 6.74. The molecule has 1 fully saturated rings. The Labute approximate surface area is 245 Å². The Kier molecular flexibility index (Phi) is 8.62. The molecule has 0 N–H and O–H groups in total. The Hall–Kier alpha value is -3.48. The molecule has 41 heavy (non-hydrogen) atoms. The number of hydrogen-bond acceptors (Lipinski definition) is 4. The second kappa shape index (κ2) is 12.2. The van der Waals surface area contributed by atoms with Crippen molar-refractivity contribution >= 4 is 25.3 Å². The molecule has 0 spiro atoms. The van der Waals surface area contributed by atoms with Gasteiger partial charge in [-0.2, -0.15) is 0 Å². The van der Waals surface area contributed by atoms with Crippen LogP contribution in [0.3, 0.4) is 0 Å². The lowest BCUT2D eigenvalue weighted by molar-refractivity contribution is 0.0200. The maximum absolute atomic E-state index is 13.1. The van der Waals surface area contributed by atoms with E-state index in [1.54, 1.807) is 0 Å². The summed E-state index contributed by atoms with van der Waals surface area (Å²) in [7, 11) is -2.05. The minimum absolute atomic E-state index is 0.0294. The first-order valence-corrected chi connectivity index (χ1v) is 17.6. The Bertz CT molecular complexity index is 1460. The summed E-state index contributed by atoms with van der Waals surface area (Å²) in [5.74, 6) is 0.329. The number of carbonyl (C=O) groups excluding carboxylic acids is 1. The van der Waals surface area contributed by atoms with Gasteiger partial charge in [-0.05, 0) is 65.7 Å². The number of carbonyl (C=O) groups is 1. The quantitative estimate of drug-likeness (QED) is 0.211. The molecule has 2 heterocycles. The van der Waals surface area contributed by atoms with Gasteiger partial charge in [-0.1, -0.05) is 93.6 Å². The first kappa shape index (κ1) is 29.0. The number of para-hydroxylation sites is 1. The maximum atomic E-state index is 13.1. The van der Waals surface area contributed by atoms with E-state index in [4.69, 9.17) is 9.16 Å². The van der Waals surface area contributed by atoms with Crippen LogP contribution in [0.5, 0.6) is 0 Å². The van der Waals surface area contributed by atoms with E-state index in [-0.39, 0.29) is 23.8 Å². The summed E-state index contributed by atoms with van der Waals surface area (Å²) in [6.07, 6.45) is 3.47. The number of ether oxygens (including phenoxy) is 1. The average Bonchev–Trinajstić information content (AvgIpc) is 2.96. The summed E-state index contributed by atoms with van der Waals surface area (Å²) in [6.45, 7) is 12.9. The molecule has 1 saturated heterocycles. The van der Waals surface area contributed by atoms with Gasteiger partial charge in [-0.25, -0.2) is 4.79 Å². The number of amides is 1. The van der Waals surface area contributed by atoms with Gasteiger partial charge in [-0.15, -0.1) is 0 Å². The predicted octanol–water partition coefficient (Wildman–Crippen LogP) is 8.49. The van der Waals surface area contributed by atoms with Crippen LogP contribution in [0.15, 0.2) is 91.1 Å². The molecule has 0 bridgehead atoms. The Morgan fingerprint density at radius 2 is 1.63 bits per heavy atom. The third-order valence-electron chi connectivity index (χ3n) is 8.79. The van der Waals surface area contributed by atoms with Gasteiger partial charge in [0, 0.05) is 30.2 Å². The van der Waals surface area contributed by atoms with Gasteiger partial charge in [-0.3, -0.25) is 4.98 Å². The molecule has 2 atom stereocenters. The highest BCUT2D eigenvalue weighted by atomic mass is 28.4. The van der Waals surface area contributed by atoms with Crippen LogP contribution in [-0.4, -0.2) is 43.5 Å². The van der Waals surface area contributed by atoms with Crippen LogP contribution in [0.4, 0.5) is 4.79 Å². The molecule has 214 valence electrons. The third kappa shape index (κ3) is 7.06. The SMILES string of the molecule is CC(C)(C)[Si](C)(C)O[C@H]1CN(C(=O)OCc2ccccc2)CC[C@@H]1Cc1ccc(-c2cnc3ccccc3c2)cc1. The standard InChI is InChI=1S/C35H42N2O3Si/c1-35(2,3)41(4,5)40-33-24-37(34(38)39-25-27-11-7-6-8-12-27)20-19-30(33)21-26-15-17-28(18-16-26)31-22-29-13-9-10-14-32(29)36-23-31/h6-18,22-23,30,33H,19-21,24-25H2,1-5H3/t30-,33+/m1/s1. The normalized spacial score (nSPS) is 17.9. The van der Waals surface area contributed by atoms with Crippen molar-refractivity contribution in [3.05, 3.63) is 102 Å². The molecular formula is C35H42N2O3Si. The van der Waals surface area contributed by atoms with Crippen LogP contribution >= 0.6 is 0 Å². The minimum Gasteiger partial charge on any atom is -0.445 e. The van der Waals surface area contributed by atoms with E-state index in [1.807, 2.05) is 59.6 Å². The number of benzene rings is 3. The van der Waals surface area contributed by atoms with E-state index < -0.39 is 8.32 Å². The maximum Gasteiger partial charge on any atom is 0.410 e. The van der Waals surface area contributed by atoms with Crippen molar-refractivity contribution in [3.8, 4) is 11.1 Å². The first-order valence-electron chi connectivity index (χ1n) is 14.7. The fraction of sp³-hybridized carbons (Fsp3) is 0.371. The molecule has 0 aliphatic carbocycles. The molecule has 1 aromatic heterocycles. The van der Waals surface area contributed by atoms with E-state index >= 15 is 0 Å². The van der Waals surface area contributed by atoms with E-state index in [1.165, 1.54) is 5.56 Å². The van der Waals surface area contributed by atoms with Crippen molar-refractivity contribution in [2.75, 3.05) is 13.1 Å². The summed E-state index contributed by atoms with van der Waals surface area (Å²) < 4.78 is 12.7. The second-order valence-corrected chi connectivity index (χ2v) is 17.5. The van der Waals surface area contributed by atoms with Crippen molar-refractivity contribution in [2.45, 2.75) is 64.5 Å². The topological polar surface area (TPSA) is 51.7 Å². The van der Waals surface area contributed by atoms with Crippen LogP contribution in [0.1, 0.15) is 38.3 Å². The molecule has 1 amide bonds. The molecule has 0 unspecified atom stereocenters. The van der Waals surface area contributed by atoms with Crippen molar-refractivity contribution in [3.63, 3.8) is 0 Å². The number of fused-ring (bicyclic) bond motifs is 1. The zero-order chi connectivity index (χ0) is 29.0. The second-order valence-electron chi connectivity index (χ2n) is 12.8. The Balaban J connectivity index is 1.29. The smallest absolute Gasteiger partial charge is 0.410 e. The average molecular weight is 567 g/mol. The fourth-order valence-corrected chi connectivity index (χ4v) is 6.61. The van der Waals surface area contributed by atoms with Crippen LogP contribution in [0.25, 0.3) is 22.0 Å². The summed E-state index contributed by atoms with van der Waals surface area (Å²) in [5.41, 5.74) is 5.58. The minimum atomic E-state index is -2.05. The van der Waals surface area contributed by atoms with Crippen LogP contribution in [-0.2, 0) is 22.2 Å². The predicted molar refractivity (Wildman–Crippen MR) is 169 cm³/mol. The number of piperidine rings is 1. The van der Waals surface area contributed by atoms with Gasteiger partial charge in [0.05, 0.1) is 11.6 Å². The van der Waals surface area contributed by atoms with E-state index in [0.29, 0.717) is 19.0 Å². The van der Waals surface area contributed by atoms with Gasteiger partial charge < -0.3 is 14.1 Å². The molecule has 1 aliphatic rings. The fourth-order valence-electron chi connectivity index (χ4n) is 5.23. The highest BCUT2D eigenvalue weighted by Gasteiger charge is 2.43. The van der Waals surface area contributed by atoms with Crippen molar-refractivity contribution in [2.24, 2.45) is 5.92 Å². The van der Waals surface area contributed by atoms with E-state index in [2.05, 4.69) is 75.2 Å². The van der Waals surface area contributed by atoms with E-state index in [9.17, 15) is 4.79 Å². The molecule has 0 saturated carbocycles. The number of nitrogens with zero attached hydrogens (tertiary/aromatic N) is 2. The van der Waals surface area contributed by atoms with Gasteiger partial charge in [0.15, 0.2) is 8.32 Å². The zero-order valence-electron chi connectivity index (χ0n) is 25.0. The van der Waals surface area contributed by atoms with Crippen LogP contribution in [0.2, 0.25) is 18.1 Å². The van der Waals surface area contributed by atoms with Gasteiger partial charge >= 0.3 is 6.09 Å². The largest absolute Gasteiger partial charge is 0.445 e. The molecule has 1 aliphatic heterocycles. The third-order valence-corrected chi connectivity index (χ3v) is 13.3. The molecule has 0 radical (unpaired) electrons. The summed E-state index contributed by atoms with van der Waals surface area (Å²) in [4.78, 5) is 19.5. The first-order chi connectivity index (χ1) is 19.6. The van der Waals surface area contributed by atoms with Crippen molar-refractivity contribution < 1.29 is 14.0 Å². The lowest BCUT2D eigenvalue weighted by Crippen LogP contribution is -2.54. The molecule has 5 rings (SSSR count). The lowest BCUT2D eigenvalue weighted by Gasteiger charge is -2.45. The lowest BCUT2D eigenvalue weighted by atomic mass is 9.87. The molecular weight excluding hydrogens is 524 g/mol. The van der Waals surface area contributed by atoms with Gasteiger partial charge in [0.2, 0.25) is 0 Å². The Morgan fingerprint density at radius 3 is 2.37 bits per heavy atom. The summed E-state index contributed by atoms with van der Waals surface area (Å²) in [5, 5.41) is 1.23. The van der Waals surface area contributed by atoms with Gasteiger partial charge in [0.25, 0.3) is 0 Å². The number of likely N-dealkylation sites (tertiary alicyclic amines) is 1. The molecule has 3 aromatic carbocycles. The van der Waals surface area contributed by atoms with E-state index in [0.717, 1.165) is 40.4 Å². The zero-order valence-corrected chi connectivity index (χ0v) is 26.0. The number of pyridine rings is 1. The van der Waals surface area contributed by atoms with Crippen LogP contribution < -0.4 is 0 Å². The summed E-state index contributed by atoms with van der Waals surface area (Å²) >= 11 is 0. The number of rotatable bonds is 7. The van der Waals surface area contributed by atoms with Gasteiger partial charge in [0.1, 0.15) is 6.61 Å². The number of hydrogen-bond donors (Lipinski definition) is 0. The summed E-state index contributed by atoms with van der Waals surface area (Å²) in [6, 6.07) is 29.1.